The van der Waals surface area contributed by atoms with Gasteiger partial charge in [-0.3, -0.25) is 4.79 Å². The van der Waals surface area contributed by atoms with E-state index < -0.39 is 31.8 Å². The van der Waals surface area contributed by atoms with Crippen molar-refractivity contribution < 1.29 is 33.0 Å². The van der Waals surface area contributed by atoms with Crippen LogP contribution >= 0.6 is 11.8 Å². The topological polar surface area (TPSA) is 80.3 Å². The van der Waals surface area contributed by atoms with Gasteiger partial charge in [-0.25, -0.2) is 4.79 Å². The van der Waals surface area contributed by atoms with Gasteiger partial charge in [0.15, 0.2) is 5.44 Å². The standard InChI is InChI=1S/C32H38O7SSi/c1-22(33)38-31-29(39-30(34)27-18-17-23(35-5)19-28(27)36-6)20-24(40-31)21-37-41(32(2,3)4,25-13-9-7-10-14-25)26-15-11-8-12-16-26/h7-19,24,29,31H,20-21H2,1-6H3/t24-,29+,31?/m0/s1. The molecule has 0 bridgehead atoms. The largest absolute Gasteiger partial charge is 0.497 e. The van der Waals surface area contributed by atoms with E-state index in [0.717, 1.165) is 0 Å². The molecule has 9 heteroatoms. The molecule has 0 amide bonds. The summed E-state index contributed by atoms with van der Waals surface area (Å²) in [6, 6.07) is 25.8. The van der Waals surface area contributed by atoms with Crippen LogP contribution in [0.4, 0.5) is 0 Å². The van der Waals surface area contributed by atoms with Gasteiger partial charge in [0.1, 0.15) is 23.2 Å². The lowest BCUT2D eigenvalue weighted by molar-refractivity contribution is -0.146. The molecule has 0 N–H and O–H groups in total. The number of esters is 2. The normalized spacial score (nSPS) is 18.9. The molecular formula is C32H38O7SSi. The van der Waals surface area contributed by atoms with Gasteiger partial charge in [0.2, 0.25) is 0 Å². The number of carbonyl (C=O) groups is 2. The lowest BCUT2D eigenvalue weighted by Gasteiger charge is -2.43. The second kappa shape index (κ2) is 13.1. The van der Waals surface area contributed by atoms with Crippen molar-refractivity contribution in [1.82, 2.24) is 0 Å². The Bertz CT molecular complexity index is 1290. The van der Waals surface area contributed by atoms with Gasteiger partial charge in [-0.15, -0.1) is 11.8 Å². The molecule has 0 spiro atoms. The van der Waals surface area contributed by atoms with Crippen LogP contribution in [-0.2, 0) is 18.7 Å². The van der Waals surface area contributed by atoms with Crippen molar-refractivity contribution in [3.8, 4) is 11.5 Å². The Kier molecular flexibility index (Phi) is 9.83. The van der Waals surface area contributed by atoms with Gasteiger partial charge in [-0.2, -0.15) is 0 Å². The van der Waals surface area contributed by atoms with E-state index in [1.54, 1.807) is 25.3 Å². The number of carbonyl (C=O) groups excluding carboxylic acids is 2. The highest BCUT2D eigenvalue weighted by Gasteiger charge is 2.51. The molecule has 1 unspecified atom stereocenters. The van der Waals surface area contributed by atoms with Crippen LogP contribution in [0.15, 0.2) is 78.9 Å². The van der Waals surface area contributed by atoms with Crippen molar-refractivity contribution in [2.24, 2.45) is 0 Å². The van der Waals surface area contributed by atoms with Crippen LogP contribution in [0, 0.1) is 0 Å². The van der Waals surface area contributed by atoms with Crippen molar-refractivity contribution >= 4 is 42.4 Å². The summed E-state index contributed by atoms with van der Waals surface area (Å²) in [6.07, 6.45) is -0.165. The van der Waals surface area contributed by atoms with Gasteiger partial charge in [-0.1, -0.05) is 81.4 Å². The Morgan fingerprint density at radius 1 is 0.878 bits per heavy atom. The summed E-state index contributed by atoms with van der Waals surface area (Å²) >= 11 is 1.47. The molecule has 0 saturated carbocycles. The summed E-state index contributed by atoms with van der Waals surface area (Å²) in [5, 5.41) is 2.14. The van der Waals surface area contributed by atoms with Crippen molar-refractivity contribution in [2.75, 3.05) is 20.8 Å². The maximum absolute atomic E-state index is 13.2. The van der Waals surface area contributed by atoms with Crippen molar-refractivity contribution in [3.05, 3.63) is 84.4 Å². The van der Waals surface area contributed by atoms with E-state index in [0.29, 0.717) is 24.5 Å². The third kappa shape index (κ3) is 6.80. The fourth-order valence-electron chi connectivity index (χ4n) is 5.33. The molecule has 218 valence electrons. The zero-order chi connectivity index (χ0) is 29.6. The van der Waals surface area contributed by atoms with E-state index in [1.165, 1.54) is 36.2 Å². The number of methoxy groups -OCH3 is 2. The molecule has 7 nitrogen and oxygen atoms in total. The van der Waals surface area contributed by atoms with Gasteiger partial charge in [0.05, 0.1) is 14.2 Å². The van der Waals surface area contributed by atoms with E-state index in [4.69, 9.17) is 23.4 Å². The fourth-order valence-corrected chi connectivity index (χ4v) is 11.4. The van der Waals surface area contributed by atoms with Gasteiger partial charge in [-0.05, 0) is 27.5 Å². The number of ether oxygens (including phenoxy) is 4. The van der Waals surface area contributed by atoms with E-state index in [2.05, 4.69) is 69.3 Å². The molecule has 3 aromatic carbocycles. The molecule has 3 aromatic rings. The van der Waals surface area contributed by atoms with Gasteiger partial charge >= 0.3 is 11.9 Å². The Hall–Kier alpha value is -3.27. The Balaban J connectivity index is 1.59. The summed E-state index contributed by atoms with van der Waals surface area (Å²) in [5.41, 5.74) is -0.375. The van der Waals surface area contributed by atoms with Crippen molar-refractivity contribution in [2.45, 2.75) is 55.9 Å². The second-order valence-corrected chi connectivity index (χ2v) is 16.7. The summed E-state index contributed by atoms with van der Waals surface area (Å²) in [7, 11) is 0.270. The fraction of sp³-hybridized carbons (Fsp3) is 0.375. The number of benzene rings is 3. The summed E-state index contributed by atoms with van der Waals surface area (Å²) in [4.78, 5) is 25.2. The number of hydrogen-bond acceptors (Lipinski definition) is 8. The van der Waals surface area contributed by atoms with Crippen LogP contribution in [0.5, 0.6) is 11.5 Å². The molecular weight excluding hydrogens is 556 g/mol. The molecule has 1 heterocycles. The van der Waals surface area contributed by atoms with E-state index in [9.17, 15) is 9.59 Å². The Morgan fingerprint density at radius 2 is 1.49 bits per heavy atom. The first kappa shape index (κ1) is 30.7. The Morgan fingerprint density at radius 3 is 2.00 bits per heavy atom. The number of thioether (sulfide) groups is 1. The zero-order valence-corrected chi connectivity index (χ0v) is 26.2. The smallest absolute Gasteiger partial charge is 0.342 e. The minimum atomic E-state index is -2.76. The number of hydrogen-bond donors (Lipinski definition) is 0. The highest BCUT2D eigenvalue weighted by Crippen LogP contribution is 2.41. The molecule has 4 rings (SSSR count). The van der Waals surface area contributed by atoms with Crippen molar-refractivity contribution in [1.29, 1.82) is 0 Å². The van der Waals surface area contributed by atoms with Crippen LogP contribution in [-0.4, -0.2) is 57.9 Å². The quantitative estimate of drug-likeness (QED) is 0.234. The third-order valence-corrected chi connectivity index (χ3v) is 13.6. The third-order valence-electron chi connectivity index (χ3n) is 7.20. The summed E-state index contributed by atoms with van der Waals surface area (Å²) in [5.74, 6) is -0.0799. The summed E-state index contributed by atoms with van der Waals surface area (Å²) < 4.78 is 29.3. The minimum absolute atomic E-state index is 0.0587. The zero-order valence-electron chi connectivity index (χ0n) is 24.4. The predicted molar refractivity (Wildman–Crippen MR) is 164 cm³/mol. The number of rotatable bonds is 10. The van der Waals surface area contributed by atoms with E-state index in [-0.39, 0.29) is 15.9 Å². The molecule has 3 atom stereocenters. The van der Waals surface area contributed by atoms with Crippen LogP contribution in [0.2, 0.25) is 5.04 Å². The van der Waals surface area contributed by atoms with Crippen LogP contribution in [0.3, 0.4) is 0 Å². The molecule has 1 aliphatic rings. The lowest BCUT2D eigenvalue weighted by atomic mass is 10.1. The van der Waals surface area contributed by atoms with Gasteiger partial charge < -0.3 is 23.4 Å². The first-order valence-electron chi connectivity index (χ1n) is 13.6. The molecule has 1 saturated heterocycles. The minimum Gasteiger partial charge on any atom is -0.497 e. The van der Waals surface area contributed by atoms with Crippen LogP contribution in [0.1, 0.15) is 44.5 Å². The average Bonchev–Trinajstić information content (AvgIpc) is 3.33. The molecule has 0 radical (unpaired) electrons. The predicted octanol–water partition coefficient (Wildman–Crippen LogP) is 5.20. The Labute approximate surface area is 247 Å². The van der Waals surface area contributed by atoms with E-state index >= 15 is 0 Å². The van der Waals surface area contributed by atoms with Crippen LogP contribution < -0.4 is 19.8 Å². The van der Waals surface area contributed by atoms with Crippen LogP contribution in [0.25, 0.3) is 0 Å². The SMILES string of the molecule is COc1ccc(C(=O)O[C@@H]2C[C@@H](CO[Si](c3ccccc3)(c3ccccc3)C(C)(C)C)SC2OC(C)=O)c(OC)c1. The molecule has 41 heavy (non-hydrogen) atoms. The highest BCUT2D eigenvalue weighted by atomic mass is 32.2. The molecule has 1 aliphatic heterocycles. The van der Waals surface area contributed by atoms with E-state index in [1.807, 2.05) is 12.1 Å². The average molecular weight is 595 g/mol. The first-order chi connectivity index (χ1) is 19.6. The van der Waals surface area contributed by atoms with Crippen molar-refractivity contribution in [3.63, 3.8) is 0 Å². The highest BCUT2D eigenvalue weighted by molar-refractivity contribution is 8.00. The molecule has 1 fully saturated rings. The van der Waals surface area contributed by atoms with Gasteiger partial charge in [0.25, 0.3) is 8.32 Å². The maximum Gasteiger partial charge on any atom is 0.342 e. The summed E-state index contributed by atoms with van der Waals surface area (Å²) in [6.45, 7) is 8.47. The first-order valence-corrected chi connectivity index (χ1v) is 16.4. The van der Waals surface area contributed by atoms with Gasteiger partial charge in [0, 0.05) is 31.3 Å². The second-order valence-electron chi connectivity index (χ2n) is 11.0. The monoisotopic (exact) mass is 594 g/mol. The maximum atomic E-state index is 13.2. The molecule has 0 aromatic heterocycles. The lowest BCUT2D eigenvalue weighted by Crippen LogP contribution is -2.67. The molecule has 0 aliphatic carbocycles.